The van der Waals surface area contributed by atoms with Gasteiger partial charge in [0.25, 0.3) is 0 Å². The number of urea groups is 1. The van der Waals surface area contributed by atoms with E-state index < -0.39 is 12.1 Å². The number of aliphatic hydroxyl groups is 1. The van der Waals surface area contributed by atoms with Gasteiger partial charge in [0.15, 0.2) is 11.5 Å². The van der Waals surface area contributed by atoms with Gasteiger partial charge >= 0.3 is 12.0 Å². The molecular weight excluding hydrogens is 404 g/mol. The maximum absolute atomic E-state index is 12.1. The highest BCUT2D eigenvalue weighted by atomic mass is 16.5. The molecule has 0 spiro atoms. The predicted molar refractivity (Wildman–Crippen MR) is 115 cm³/mol. The van der Waals surface area contributed by atoms with Crippen molar-refractivity contribution in [3.63, 3.8) is 0 Å². The van der Waals surface area contributed by atoms with E-state index in [1.807, 2.05) is 0 Å². The van der Waals surface area contributed by atoms with Gasteiger partial charge in [-0.3, -0.25) is 4.79 Å². The van der Waals surface area contributed by atoms with Crippen molar-refractivity contribution in [3.05, 3.63) is 18.2 Å². The molecule has 2 amide bonds. The Labute approximate surface area is 183 Å². The minimum Gasteiger partial charge on any atom is -0.497 e. The SMILES string of the molecule is COc1ccc(OCC(O)CCN2C(=O)NCC2CCCCCCC(=O)O)c(OC)c1. The van der Waals surface area contributed by atoms with Crippen LogP contribution in [0.1, 0.15) is 44.9 Å². The van der Waals surface area contributed by atoms with Gasteiger partial charge in [0.05, 0.1) is 26.4 Å². The van der Waals surface area contributed by atoms with Crippen LogP contribution in [-0.2, 0) is 4.79 Å². The number of carboxylic acids is 1. The van der Waals surface area contributed by atoms with Crippen LogP contribution >= 0.6 is 0 Å². The van der Waals surface area contributed by atoms with Crippen molar-refractivity contribution in [3.8, 4) is 17.2 Å². The Morgan fingerprint density at radius 3 is 2.68 bits per heavy atom. The number of hydrogen-bond acceptors (Lipinski definition) is 6. The topological polar surface area (TPSA) is 118 Å². The lowest BCUT2D eigenvalue weighted by Crippen LogP contribution is -2.37. The van der Waals surface area contributed by atoms with E-state index in [0.29, 0.717) is 43.2 Å². The number of nitrogens with zero attached hydrogens (tertiary/aromatic N) is 1. The lowest BCUT2D eigenvalue weighted by Gasteiger charge is -2.24. The molecule has 0 radical (unpaired) electrons. The summed E-state index contributed by atoms with van der Waals surface area (Å²) in [5.41, 5.74) is 0. The second kappa shape index (κ2) is 12.9. The Kier molecular flexibility index (Phi) is 10.2. The fraction of sp³-hybridized carbons (Fsp3) is 0.636. The van der Waals surface area contributed by atoms with E-state index >= 15 is 0 Å². The molecule has 1 aromatic rings. The molecule has 174 valence electrons. The van der Waals surface area contributed by atoms with Gasteiger partial charge in [-0.15, -0.1) is 0 Å². The van der Waals surface area contributed by atoms with Crippen LogP contribution in [0.15, 0.2) is 18.2 Å². The summed E-state index contributed by atoms with van der Waals surface area (Å²) in [6.45, 7) is 1.13. The van der Waals surface area contributed by atoms with Crippen LogP contribution in [0.25, 0.3) is 0 Å². The molecule has 1 aromatic carbocycles. The van der Waals surface area contributed by atoms with Crippen molar-refractivity contribution in [2.45, 2.75) is 57.1 Å². The van der Waals surface area contributed by atoms with Crippen molar-refractivity contribution in [1.29, 1.82) is 0 Å². The number of methoxy groups -OCH3 is 2. The van der Waals surface area contributed by atoms with Gasteiger partial charge in [-0.2, -0.15) is 0 Å². The minimum absolute atomic E-state index is 0.0897. The molecule has 3 N–H and O–H groups in total. The summed E-state index contributed by atoms with van der Waals surface area (Å²) in [5, 5.41) is 21.9. The molecular formula is C22H34N2O7. The van der Waals surface area contributed by atoms with E-state index in [9.17, 15) is 14.7 Å². The average molecular weight is 439 g/mol. The standard InChI is InChI=1S/C22H34N2O7/c1-29-18-9-10-19(20(13-18)30-2)31-15-17(25)11-12-24-16(14-23-22(24)28)7-5-3-4-6-8-21(26)27/h9-10,13,16-17,25H,3-8,11-12,14-15H2,1-2H3,(H,23,28)(H,26,27). The van der Waals surface area contributed by atoms with Crippen LogP contribution in [0.5, 0.6) is 17.2 Å². The Balaban J connectivity index is 1.72. The Bertz CT molecular complexity index is 713. The molecule has 31 heavy (non-hydrogen) atoms. The maximum atomic E-state index is 12.1. The summed E-state index contributed by atoms with van der Waals surface area (Å²) in [6.07, 6.45) is 4.21. The Hall–Kier alpha value is -2.68. The second-order valence-electron chi connectivity index (χ2n) is 7.65. The number of nitrogens with one attached hydrogen (secondary N) is 1. The average Bonchev–Trinajstić information content (AvgIpc) is 3.12. The van der Waals surface area contributed by atoms with Crippen LogP contribution in [0.2, 0.25) is 0 Å². The van der Waals surface area contributed by atoms with Gasteiger partial charge < -0.3 is 34.6 Å². The first-order chi connectivity index (χ1) is 14.9. The number of carbonyl (C=O) groups is 2. The van der Waals surface area contributed by atoms with Gasteiger partial charge in [0.1, 0.15) is 12.4 Å². The molecule has 1 fully saturated rings. The molecule has 9 heteroatoms. The molecule has 1 saturated heterocycles. The van der Waals surface area contributed by atoms with E-state index in [1.165, 1.54) is 7.11 Å². The van der Waals surface area contributed by atoms with E-state index in [0.717, 1.165) is 25.7 Å². The van der Waals surface area contributed by atoms with E-state index in [2.05, 4.69) is 5.32 Å². The zero-order valence-corrected chi connectivity index (χ0v) is 18.3. The summed E-state index contributed by atoms with van der Waals surface area (Å²) in [5.74, 6) is 0.929. The highest BCUT2D eigenvalue weighted by Crippen LogP contribution is 2.31. The third-order valence-electron chi connectivity index (χ3n) is 5.37. The molecule has 2 rings (SSSR count). The van der Waals surface area contributed by atoms with Crippen molar-refractivity contribution in [2.24, 2.45) is 0 Å². The van der Waals surface area contributed by atoms with Crippen LogP contribution in [0.3, 0.4) is 0 Å². The fourth-order valence-corrected chi connectivity index (χ4v) is 3.59. The molecule has 0 aromatic heterocycles. The second-order valence-corrected chi connectivity index (χ2v) is 7.65. The van der Waals surface area contributed by atoms with Crippen LogP contribution in [-0.4, -0.2) is 73.2 Å². The van der Waals surface area contributed by atoms with Gasteiger partial charge in [-0.1, -0.05) is 19.3 Å². The highest BCUT2D eigenvalue weighted by molar-refractivity contribution is 5.76. The van der Waals surface area contributed by atoms with E-state index in [4.69, 9.17) is 19.3 Å². The van der Waals surface area contributed by atoms with Gasteiger partial charge in [-0.25, -0.2) is 4.79 Å². The number of aliphatic hydroxyl groups excluding tert-OH is 1. The maximum Gasteiger partial charge on any atom is 0.317 e. The smallest absolute Gasteiger partial charge is 0.317 e. The highest BCUT2D eigenvalue weighted by Gasteiger charge is 2.30. The number of benzene rings is 1. The lowest BCUT2D eigenvalue weighted by atomic mass is 10.1. The monoisotopic (exact) mass is 438 g/mol. The molecule has 2 atom stereocenters. The summed E-state index contributed by atoms with van der Waals surface area (Å²) in [6, 6.07) is 5.18. The minimum atomic E-state index is -0.760. The third-order valence-corrected chi connectivity index (χ3v) is 5.37. The lowest BCUT2D eigenvalue weighted by molar-refractivity contribution is -0.137. The first kappa shape index (κ1) is 24.6. The fourth-order valence-electron chi connectivity index (χ4n) is 3.59. The number of amides is 2. The molecule has 1 aliphatic heterocycles. The number of carbonyl (C=O) groups excluding carboxylic acids is 1. The quantitative estimate of drug-likeness (QED) is 0.360. The number of ether oxygens (including phenoxy) is 3. The van der Waals surface area contributed by atoms with Gasteiger partial charge in [-0.05, 0) is 31.4 Å². The number of carboxylic acid groups (broad SMARTS) is 1. The summed E-state index contributed by atoms with van der Waals surface area (Å²) >= 11 is 0. The van der Waals surface area contributed by atoms with Crippen molar-refractivity contribution in [1.82, 2.24) is 10.2 Å². The zero-order valence-electron chi connectivity index (χ0n) is 18.3. The first-order valence-corrected chi connectivity index (χ1v) is 10.7. The Morgan fingerprint density at radius 2 is 1.97 bits per heavy atom. The summed E-state index contributed by atoms with van der Waals surface area (Å²) < 4.78 is 16.1. The van der Waals surface area contributed by atoms with Gasteiger partial charge in [0, 0.05) is 25.6 Å². The summed E-state index contributed by atoms with van der Waals surface area (Å²) in [7, 11) is 3.11. The first-order valence-electron chi connectivity index (χ1n) is 10.7. The molecule has 2 unspecified atom stereocenters. The summed E-state index contributed by atoms with van der Waals surface area (Å²) in [4.78, 5) is 24.5. The molecule has 1 aliphatic rings. The molecule has 0 aliphatic carbocycles. The van der Waals surface area contributed by atoms with Gasteiger partial charge in [0.2, 0.25) is 0 Å². The van der Waals surface area contributed by atoms with Crippen LogP contribution < -0.4 is 19.5 Å². The van der Waals surface area contributed by atoms with Crippen molar-refractivity contribution >= 4 is 12.0 Å². The molecule has 1 heterocycles. The molecule has 0 bridgehead atoms. The van der Waals surface area contributed by atoms with E-state index in [1.54, 1.807) is 30.2 Å². The van der Waals surface area contributed by atoms with Crippen molar-refractivity contribution < 1.29 is 34.0 Å². The number of aliphatic carboxylic acids is 1. The zero-order chi connectivity index (χ0) is 22.6. The number of hydrogen-bond donors (Lipinski definition) is 3. The molecule has 0 saturated carbocycles. The number of unbranched alkanes of at least 4 members (excludes halogenated alkanes) is 3. The molecule has 9 nitrogen and oxygen atoms in total. The Morgan fingerprint density at radius 1 is 1.19 bits per heavy atom. The predicted octanol–water partition coefficient (Wildman–Crippen LogP) is 2.65. The number of rotatable bonds is 15. The van der Waals surface area contributed by atoms with E-state index in [-0.39, 0.29) is 25.1 Å². The van der Waals surface area contributed by atoms with Crippen molar-refractivity contribution in [2.75, 3.05) is 33.9 Å². The third kappa shape index (κ3) is 8.16. The van der Waals surface area contributed by atoms with Crippen LogP contribution in [0.4, 0.5) is 4.79 Å². The normalized spacial score (nSPS) is 16.7. The van der Waals surface area contributed by atoms with Crippen LogP contribution in [0, 0.1) is 0 Å². The largest absolute Gasteiger partial charge is 0.497 e.